The Morgan fingerprint density at radius 2 is 0.909 bits per heavy atom. The van der Waals surface area contributed by atoms with Crippen LogP contribution in [-0.4, -0.2) is 0 Å². The van der Waals surface area contributed by atoms with Gasteiger partial charge in [0, 0.05) is 41.6 Å². The van der Waals surface area contributed by atoms with Gasteiger partial charge in [0.05, 0.1) is 0 Å². The molecule has 6 heteroatoms. The summed E-state index contributed by atoms with van der Waals surface area (Å²) in [5.41, 5.74) is -1.95. The highest BCUT2D eigenvalue weighted by molar-refractivity contribution is 9.11. The summed E-state index contributed by atoms with van der Waals surface area (Å²) in [7, 11) is 0. The second-order valence-corrected chi connectivity index (χ2v) is 6.72. The van der Waals surface area contributed by atoms with E-state index in [2.05, 4.69) is 31.9 Å². The molecule has 2 aliphatic carbocycles. The first kappa shape index (κ1) is 13.7. The van der Waals surface area contributed by atoms with Gasteiger partial charge >= 0.3 is 0 Å². The molecule has 4 nitrogen and oxygen atoms in total. The van der Waals surface area contributed by atoms with E-state index >= 15 is 0 Å². The Labute approximate surface area is 138 Å². The second kappa shape index (κ2) is 4.30. The third-order valence-corrected chi connectivity index (χ3v) is 5.24. The quantitative estimate of drug-likeness (QED) is 0.324. The fourth-order valence-corrected chi connectivity index (χ4v) is 3.99. The molecule has 0 saturated carbocycles. The molecule has 2 aromatic rings. The van der Waals surface area contributed by atoms with E-state index in [9.17, 15) is 19.2 Å². The van der Waals surface area contributed by atoms with Crippen molar-refractivity contribution in [1.82, 2.24) is 0 Å². The van der Waals surface area contributed by atoms with Crippen LogP contribution < -0.4 is 21.7 Å². The number of benzene rings is 4. The average Bonchev–Trinajstić information content (AvgIpc) is 2.49. The highest BCUT2D eigenvalue weighted by Crippen LogP contribution is 2.39. The van der Waals surface area contributed by atoms with Crippen LogP contribution in [0.2, 0.25) is 0 Å². The zero-order chi connectivity index (χ0) is 15.8. The monoisotopic (exact) mass is 418 g/mol. The van der Waals surface area contributed by atoms with E-state index in [0.717, 1.165) is 0 Å². The smallest absolute Gasteiger partial charge is 0.235 e. The molecule has 2 aliphatic rings. The van der Waals surface area contributed by atoms with Crippen molar-refractivity contribution in [2.45, 2.75) is 0 Å². The molecule has 0 aliphatic heterocycles. The maximum Gasteiger partial charge on any atom is 0.235 e. The van der Waals surface area contributed by atoms with Gasteiger partial charge in [-0.25, -0.2) is 0 Å². The first-order valence-corrected chi connectivity index (χ1v) is 7.85. The van der Waals surface area contributed by atoms with Gasteiger partial charge in [-0.1, -0.05) is 31.9 Å². The number of hydrogen-bond donors (Lipinski definition) is 0. The van der Waals surface area contributed by atoms with Gasteiger partial charge < -0.3 is 0 Å². The number of hydrogen-bond acceptors (Lipinski definition) is 4. The van der Waals surface area contributed by atoms with E-state index in [1.54, 1.807) is 0 Å². The molecule has 0 saturated heterocycles. The van der Waals surface area contributed by atoms with Crippen molar-refractivity contribution in [2.24, 2.45) is 0 Å². The SMILES string of the molecule is O=c1c(=O)c2c(Br)ccc3c2-c2c1ccc(Br)c2c(=O)c3=O. The second-order valence-electron chi connectivity index (χ2n) is 5.01. The predicted molar refractivity (Wildman–Crippen MR) is 92.1 cm³/mol. The molecule has 106 valence electrons. The molecule has 0 atom stereocenters. The van der Waals surface area contributed by atoms with Gasteiger partial charge in [-0.2, -0.15) is 0 Å². The van der Waals surface area contributed by atoms with Crippen LogP contribution in [0.1, 0.15) is 0 Å². The van der Waals surface area contributed by atoms with Gasteiger partial charge in [0.2, 0.25) is 21.7 Å². The maximum absolute atomic E-state index is 12.4. The van der Waals surface area contributed by atoms with Crippen LogP contribution >= 0.6 is 31.9 Å². The molecule has 4 rings (SSSR count). The largest absolute Gasteiger partial charge is 0.285 e. The van der Waals surface area contributed by atoms with E-state index < -0.39 is 21.7 Å². The fourth-order valence-electron chi connectivity index (χ4n) is 2.97. The summed E-state index contributed by atoms with van der Waals surface area (Å²) in [4.78, 5) is 49.4. The van der Waals surface area contributed by atoms with Crippen LogP contribution in [0, 0.1) is 0 Å². The summed E-state index contributed by atoms with van der Waals surface area (Å²) in [6.45, 7) is 0. The first-order chi connectivity index (χ1) is 10.4. The van der Waals surface area contributed by atoms with Crippen LogP contribution in [0.15, 0.2) is 52.4 Å². The topological polar surface area (TPSA) is 68.3 Å². The van der Waals surface area contributed by atoms with Gasteiger partial charge in [0.1, 0.15) is 0 Å². The van der Waals surface area contributed by atoms with E-state index in [-0.39, 0.29) is 21.5 Å². The highest BCUT2D eigenvalue weighted by Gasteiger charge is 2.26. The van der Waals surface area contributed by atoms with Gasteiger partial charge in [0.25, 0.3) is 0 Å². The third-order valence-electron chi connectivity index (χ3n) is 3.91. The zero-order valence-electron chi connectivity index (χ0n) is 10.7. The average molecular weight is 420 g/mol. The predicted octanol–water partition coefficient (Wildman–Crippen LogP) is 2.38. The lowest BCUT2D eigenvalue weighted by molar-refractivity contribution is 1.48. The van der Waals surface area contributed by atoms with Crippen molar-refractivity contribution >= 4 is 53.4 Å². The van der Waals surface area contributed by atoms with Gasteiger partial charge in [0.15, 0.2) is 0 Å². The summed E-state index contributed by atoms with van der Waals surface area (Å²) in [5, 5.41) is 0.622. The molecule has 0 amide bonds. The van der Waals surface area contributed by atoms with Crippen LogP contribution in [0.25, 0.3) is 32.7 Å². The van der Waals surface area contributed by atoms with Gasteiger partial charge in [-0.15, -0.1) is 0 Å². The Bertz CT molecular complexity index is 1170. The van der Waals surface area contributed by atoms with Crippen molar-refractivity contribution in [1.29, 1.82) is 0 Å². The normalized spacial score (nSPS) is 11.9. The molecular weight excluding hydrogens is 416 g/mol. The van der Waals surface area contributed by atoms with E-state index in [1.807, 2.05) is 0 Å². The summed E-state index contributed by atoms with van der Waals surface area (Å²) in [6.07, 6.45) is 0. The van der Waals surface area contributed by atoms with Crippen molar-refractivity contribution in [3.8, 4) is 11.1 Å². The van der Waals surface area contributed by atoms with E-state index in [0.29, 0.717) is 20.1 Å². The van der Waals surface area contributed by atoms with E-state index in [4.69, 9.17) is 0 Å². The Hall–Kier alpha value is -1.92. The number of halogens is 2. The van der Waals surface area contributed by atoms with Crippen LogP contribution in [0.4, 0.5) is 0 Å². The minimum Gasteiger partial charge on any atom is -0.285 e. The summed E-state index contributed by atoms with van der Waals surface area (Å²) >= 11 is 6.51. The van der Waals surface area contributed by atoms with Gasteiger partial charge in [-0.3, -0.25) is 19.2 Å². The van der Waals surface area contributed by atoms with Crippen molar-refractivity contribution in [3.63, 3.8) is 0 Å². The lowest BCUT2D eigenvalue weighted by Gasteiger charge is -2.15. The standard InChI is InChI=1S/C16H4Br2O4/c17-7-3-1-5-9-10-6(14(20)16(22)11(7)9)2-4-8(18)12(10)15(21)13(5)19/h1-4H. The summed E-state index contributed by atoms with van der Waals surface area (Å²) in [5.74, 6) is 0. The molecule has 0 unspecified atom stereocenters. The lowest BCUT2D eigenvalue weighted by atomic mass is 9.87. The molecule has 22 heavy (non-hydrogen) atoms. The van der Waals surface area contributed by atoms with E-state index in [1.165, 1.54) is 24.3 Å². The van der Waals surface area contributed by atoms with Crippen molar-refractivity contribution in [2.75, 3.05) is 0 Å². The Morgan fingerprint density at radius 1 is 0.545 bits per heavy atom. The van der Waals surface area contributed by atoms with Crippen LogP contribution in [-0.2, 0) is 0 Å². The Kier molecular flexibility index (Phi) is 2.68. The minimum absolute atomic E-state index is 0.148. The molecule has 0 spiro atoms. The molecule has 0 fully saturated rings. The Morgan fingerprint density at radius 3 is 1.27 bits per heavy atom. The molecule has 0 bridgehead atoms. The summed E-state index contributed by atoms with van der Waals surface area (Å²) in [6, 6.07) is 6.02. The number of rotatable bonds is 0. The third kappa shape index (κ3) is 1.46. The van der Waals surface area contributed by atoms with Crippen LogP contribution in [0.5, 0.6) is 0 Å². The van der Waals surface area contributed by atoms with Crippen molar-refractivity contribution < 1.29 is 0 Å². The molecule has 2 aromatic carbocycles. The molecule has 0 N–H and O–H groups in total. The molecule has 0 aromatic heterocycles. The van der Waals surface area contributed by atoms with Gasteiger partial charge in [-0.05, 0) is 24.3 Å². The minimum atomic E-state index is -0.674. The molecular formula is C16H4Br2O4. The maximum atomic E-state index is 12.4. The zero-order valence-corrected chi connectivity index (χ0v) is 13.9. The first-order valence-electron chi connectivity index (χ1n) is 6.27. The van der Waals surface area contributed by atoms with Crippen LogP contribution in [0.3, 0.4) is 0 Å². The molecule has 0 heterocycles. The molecule has 0 radical (unpaired) electrons. The lowest BCUT2D eigenvalue weighted by Crippen LogP contribution is -2.31. The van der Waals surface area contributed by atoms with Crippen molar-refractivity contribution in [3.05, 3.63) is 74.1 Å². The Balaban J connectivity index is 2.65. The fraction of sp³-hybridized carbons (Fsp3) is 0. The summed E-state index contributed by atoms with van der Waals surface area (Å²) < 4.78 is 0.867. The highest BCUT2D eigenvalue weighted by atomic mass is 79.9.